The number of hydrogen-bond acceptors (Lipinski definition) is 3. The molecule has 0 bridgehead atoms. The fourth-order valence-electron chi connectivity index (χ4n) is 2.42. The standard InChI is InChI=1S/C17H17ClN2S/c1-11(13-3-5-15(18)6-4-13)20-12(2)14-9-17-16(19-10-14)7-8-21-17/h3-12,20H,1-2H3/t11-,12?/m1/s1. The Hall–Kier alpha value is -1.42. The molecule has 1 N–H and O–H groups in total. The van der Waals surface area contributed by atoms with Crippen molar-refractivity contribution in [2.75, 3.05) is 0 Å². The monoisotopic (exact) mass is 316 g/mol. The quantitative estimate of drug-likeness (QED) is 0.700. The summed E-state index contributed by atoms with van der Waals surface area (Å²) in [5.41, 5.74) is 3.52. The molecule has 0 amide bonds. The van der Waals surface area contributed by atoms with E-state index in [9.17, 15) is 0 Å². The van der Waals surface area contributed by atoms with Crippen LogP contribution < -0.4 is 5.32 Å². The van der Waals surface area contributed by atoms with Gasteiger partial charge in [0.05, 0.1) is 10.2 Å². The number of hydrogen-bond donors (Lipinski definition) is 1. The van der Waals surface area contributed by atoms with E-state index < -0.39 is 0 Å². The van der Waals surface area contributed by atoms with Gasteiger partial charge in [0.15, 0.2) is 0 Å². The van der Waals surface area contributed by atoms with E-state index in [1.54, 1.807) is 11.3 Å². The van der Waals surface area contributed by atoms with E-state index >= 15 is 0 Å². The predicted molar refractivity (Wildman–Crippen MR) is 91.0 cm³/mol. The van der Waals surface area contributed by atoms with Crippen LogP contribution in [0.2, 0.25) is 5.02 Å². The Morgan fingerprint density at radius 3 is 2.52 bits per heavy atom. The highest BCUT2D eigenvalue weighted by molar-refractivity contribution is 7.17. The van der Waals surface area contributed by atoms with Gasteiger partial charge in [-0.05, 0) is 54.6 Å². The van der Waals surface area contributed by atoms with Gasteiger partial charge in [-0.3, -0.25) is 4.98 Å². The third-order valence-corrected chi connectivity index (χ3v) is 4.80. The number of aromatic nitrogens is 1. The van der Waals surface area contributed by atoms with Crippen LogP contribution in [-0.2, 0) is 0 Å². The lowest BCUT2D eigenvalue weighted by molar-refractivity contribution is 0.494. The van der Waals surface area contributed by atoms with E-state index in [2.05, 4.69) is 53.8 Å². The molecular formula is C17H17ClN2S. The Balaban J connectivity index is 1.75. The maximum atomic E-state index is 5.94. The average Bonchev–Trinajstić information content (AvgIpc) is 2.95. The highest BCUT2D eigenvalue weighted by Crippen LogP contribution is 2.25. The topological polar surface area (TPSA) is 24.9 Å². The van der Waals surface area contributed by atoms with Gasteiger partial charge in [0.1, 0.15) is 0 Å². The van der Waals surface area contributed by atoms with Crippen LogP contribution in [0.4, 0.5) is 0 Å². The lowest BCUT2D eigenvalue weighted by Gasteiger charge is -2.20. The fourth-order valence-corrected chi connectivity index (χ4v) is 3.33. The Morgan fingerprint density at radius 1 is 1.05 bits per heavy atom. The number of pyridine rings is 1. The molecule has 1 aromatic carbocycles. The van der Waals surface area contributed by atoms with Crippen molar-refractivity contribution in [3.8, 4) is 0 Å². The number of fused-ring (bicyclic) bond motifs is 1. The maximum absolute atomic E-state index is 5.94. The Bertz CT molecular complexity index is 736. The molecule has 0 spiro atoms. The molecule has 0 aliphatic heterocycles. The summed E-state index contributed by atoms with van der Waals surface area (Å²) in [5.74, 6) is 0. The molecule has 2 nitrogen and oxygen atoms in total. The number of nitrogens with zero attached hydrogens (tertiary/aromatic N) is 1. The van der Waals surface area contributed by atoms with E-state index in [-0.39, 0.29) is 12.1 Å². The zero-order chi connectivity index (χ0) is 14.8. The molecule has 0 radical (unpaired) electrons. The first-order valence-corrected chi connectivity index (χ1v) is 8.24. The van der Waals surface area contributed by atoms with Crippen molar-refractivity contribution in [2.45, 2.75) is 25.9 Å². The second-order valence-electron chi connectivity index (χ2n) is 5.23. The highest BCUT2D eigenvalue weighted by Gasteiger charge is 2.12. The van der Waals surface area contributed by atoms with E-state index in [0.717, 1.165) is 10.5 Å². The van der Waals surface area contributed by atoms with Crippen molar-refractivity contribution < 1.29 is 0 Å². The number of benzene rings is 1. The van der Waals surface area contributed by atoms with Crippen LogP contribution in [0.3, 0.4) is 0 Å². The van der Waals surface area contributed by atoms with Gasteiger partial charge < -0.3 is 5.32 Å². The number of nitrogens with one attached hydrogen (secondary N) is 1. The smallest absolute Gasteiger partial charge is 0.0809 e. The van der Waals surface area contributed by atoms with Crippen molar-refractivity contribution >= 4 is 33.2 Å². The minimum Gasteiger partial charge on any atom is -0.304 e. The normalized spacial score (nSPS) is 14.2. The molecular weight excluding hydrogens is 300 g/mol. The molecule has 108 valence electrons. The van der Waals surface area contributed by atoms with Crippen LogP contribution in [-0.4, -0.2) is 4.98 Å². The highest BCUT2D eigenvalue weighted by atomic mass is 35.5. The van der Waals surface area contributed by atoms with Crippen molar-refractivity contribution in [2.24, 2.45) is 0 Å². The van der Waals surface area contributed by atoms with Gasteiger partial charge in [0.2, 0.25) is 0 Å². The molecule has 0 saturated carbocycles. The van der Waals surface area contributed by atoms with Gasteiger partial charge in [-0.1, -0.05) is 23.7 Å². The summed E-state index contributed by atoms with van der Waals surface area (Å²) in [6.45, 7) is 4.33. The summed E-state index contributed by atoms with van der Waals surface area (Å²) < 4.78 is 1.24. The summed E-state index contributed by atoms with van der Waals surface area (Å²) in [4.78, 5) is 4.51. The molecule has 0 aliphatic carbocycles. The summed E-state index contributed by atoms with van der Waals surface area (Å²) >= 11 is 7.67. The van der Waals surface area contributed by atoms with Gasteiger partial charge in [-0.2, -0.15) is 0 Å². The first-order chi connectivity index (χ1) is 10.1. The van der Waals surface area contributed by atoms with Crippen molar-refractivity contribution in [1.29, 1.82) is 0 Å². The molecule has 3 rings (SSSR count). The Kier molecular flexibility index (Phi) is 4.24. The van der Waals surface area contributed by atoms with Crippen LogP contribution in [0.25, 0.3) is 10.2 Å². The molecule has 3 aromatic rings. The third kappa shape index (κ3) is 3.26. The zero-order valence-electron chi connectivity index (χ0n) is 12.0. The number of halogens is 1. The van der Waals surface area contributed by atoms with Crippen LogP contribution in [0.15, 0.2) is 48.0 Å². The van der Waals surface area contributed by atoms with Gasteiger partial charge >= 0.3 is 0 Å². The Labute approximate surface area is 133 Å². The Morgan fingerprint density at radius 2 is 1.76 bits per heavy atom. The van der Waals surface area contributed by atoms with E-state index in [4.69, 9.17) is 11.6 Å². The maximum Gasteiger partial charge on any atom is 0.0809 e. The number of thiophene rings is 1. The summed E-state index contributed by atoms with van der Waals surface area (Å²) in [6, 6.07) is 12.8. The van der Waals surface area contributed by atoms with Crippen LogP contribution >= 0.6 is 22.9 Å². The van der Waals surface area contributed by atoms with Crippen LogP contribution in [0, 0.1) is 0 Å². The molecule has 21 heavy (non-hydrogen) atoms. The summed E-state index contributed by atoms with van der Waals surface area (Å²) in [5, 5.41) is 6.46. The van der Waals surface area contributed by atoms with Crippen molar-refractivity contribution in [3.63, 3.8) is 0 Å². The number of rotatable bonds is 4. The second-order valence-corrected chi connectivity index (χ2v) is 6.62. The van der Waals surface area contributed by atoms with Crippen LogP contribution in [0.1, 0.15) is 37.1 Å². The zero-order valence-corrected chi connectivity index (χ0v) is 13.6. The van der Waals surface area contributed by atoms with Gasteiger partial charge in [0, 0.05) is 23.3 Å². The first kappa shape index (κ1) is 14.5. The lowest BCUT2D eigenvalue weighted by Crippen LogP contribution is -2.22. The fraction of sp³-hybridized carbons (Fsp3) is 0.235. The van der Waals surface area contributed by atoms with Crippen molar-refractivity contribution in [1.82, 2.24) is 10.3 Å². The molecule has 2 aromatic heterocycles. The minimum absolute atomic E-state index is 0.245. The molecule has 0 fully saturated rings. The summed E-state index contributed by atoms with van der Waals surface area (Å²) in [7, 11) is 0. The molecule has 0 aliphatic rings. The average molecular weight is 317 g/mol. The SMILES string of the molecule is CC(N[C@H](C)c1ccc(Cl)cc1)c1cnc2ccsc2c1. The summed E-state index contributed by atoms with van der Waals surface area (Å²) in [6.07, 6.45) is 1.96. The molecule has 4 heteroatoms. The predicted octanol–water partition coefficient (Wildman–Crippen LogP) is 5.36. The van der Waals surface area contributed by atoms with Gasteiger partial charge in [0.25, 0.3) is 0 Å². The van der Waals surface area contributed by atoms with E-state index in [0.29, 0.717) is 0 Å². The third-order valence-electron chi connectivity index (χ3n) is 3.69. The molecule has 1 unspecified atom stereocenters. The van der Waals surface area contributed by atoms with Gasteiger partial charge in [-0.25, -0.2) is 0 Å². The van der Waals surface area contributed by atoms with Crippen LogP contribution in [0.5, 0.6) is 0 Å². The first-order valence-electron chi connectivity index (χ1n) is 6.98. The van der Waals surface area contributed by atoms with Crippen molar-refractivity contribution in [3.05, 3.63) is 64.1 Å². The van der Waals surface area contributed by atoms with Gasteiger partial charge in [-0.15, -0.1) is 11.3 Å². The molecule has 2 heterocycles. The second kappa shape index (κ2) is 6.14. The molecule has 2 atom stereocenters. The minimum atomic E-state index is 0.245. The molecule has 0 saturated heterocycles. The lowest BCUT2D eigenvalue weighted by atomic mass is 10.1. The van der Waals surface area contributed by atoms with E-state index in [1.165, 1.54) is 15.8 Å². The van der Waals surface area contributed by atoms with E-state index in [1.807, 2.05) is 18.3 Å². The largest absolute Gasteiger partial charge is 0.304 e.